The van der Waals surface area contributed by atoms with Gasteiger partial charge >= 0.3 is 5.97 Å². The van der Waals surface area contributed by atoms with Gasteiger partial charge in [-0.15, -0.1) is 0 Å². The van der Waals surface area contributed by atoms with Crippen molar-refractivity contribution in [2.24, 2.45) is 11.8 Å². The van der Waals surface area contributed by atoms with E-state index >= 15 is 0 Å². The smallest absolute Gasteiger partial charge is 0.302 e. The molecule has 5 nitrogen and oxygen atoms in total. The molecule has 0 radical (unpaired) electrons. The number of hydrogen-bond donors (Lipinski definition) is 1. The molecule has 0 amide bonds. The van der Waals surface area contributed by atoms with Crippen LogP contribution in [-0.4, -0.2) is 32.5 Å². The molecule has 140 valence electrons. The number of rotatable bonds is 10. The van der Waals surface area contributed by atoms with Gasteiger partial charge in [0.25, 0.3) is 0 Å². The summed E-state index contributed by atoms with van der Waals surface area (Å²) in [5.74, 6) is -0.0463. The van der Waals surface area contributed by atoms with Gasteiger partial charge in [0.1, 0.15) is 16.5 Å². The Morgan fingerprint density at radius 3 is 2.40 bits per heavy atom. The van der Waals surface area contributed by atoms with Crippen molar-refractivity contribution < 1.29 is 22.7 Å². The second-order valence-corrected chi connectivity index (χ2v) is 7.71. The quantitative estimate of drug-likeness (QED) is 0.507. The Labute approximate surface area is 151 Å². The molecule has 1 aromatic carbocycles. The Balaban J connectivity index is 2.76. The Bertz CT molecular complexity index is 670. The van der Waals surface area contributed by atoms with Crippen LogP contribution in [0, 0.1) is 18.8 Å². The van der Waals surface area contributed by atoms with Gasteiger partial charge in [0.15, 0.2) is 0 Å². The minimum absolute atomic E-state index is 0.112. The highest BCUT2D eigenvalue weighted by Gasteiger charge is 2.22. The average molecular weight is 368 g/mol. The first-order valence-corrected chi connectivity index (χ1v) is 9.91. The summed E-state index contributed by atoms with van der Waals surface area (Å²) < 4.78 is 26.5. The number of esters is 1. The summed E-state index contributed by atoms with van der Waals surface area (Å²) >= 11 is 0. The maximum Gasteiger partial charge on any atom is 0.302 e. The summed E-state index contributed by atoms with van der Waals surface area (Å²) in [6, 6.07) is 5.95. The van der Waals surface area contributed by atoms with Gasteiger partial charge in [-0.1, -0.05) is 25.1 Å². The Morgan fingerprint density at radius 2 is 1.88 bits per heavy atom. The second-order valence-electron chi connectivity index (χ2n) is 6.59. The van der Waals surface area contributed by atoms with Crippen molar-refractivity contribution in [1.82, 2.24) is 0 Å². The van der Waals surface area contributed by atoms with Gasteiger partial charge in [0.05, 0.1) is 12.4 Å². The highest BCUT2D eigenvalue weighted by Crippen LogP contribution is 2.23. The van der Waals surface area contributed by atoms with Gasteiger partial charge in [-0.25, -0.2) is 8.42 Å². The molecule has 1 aromatic rings. The van der Waals surface area contributed by atoms with Gasteiger partial charge in [-0.2, -0.15) is 0 Å². The number of ketones is 1. The average Bonchev–Trinajstić information content (AvgIpc) is 2.50. The molecule has 0 spiro atoms. The zero-order chi connectivity index (χ0) is 19.0. The van der Waals surface area contributed by atoms with Crippen LogP contribution >= 0.6 is 0 Å². The van der Waals surface area contributed by atoms with E-state index in [2.05, 4.69) is 0 Å². The van der Waals surface area contributed by atoms with Crippen LogP contribution in [0.15, 0.2) is 18.2 Å². The minimum Gasteiger partial charge on any atom is -0.466 e. The van der Waals surface area contributed by atoms with E-state index in [1.165, 1.54) is 6.92 Å². The Morgan fingerprint density at radius 1 is 1.20 bits per heavy atom. The molecule has 0 aliphatic rings. The van der Waals surface area contributed by atoms with Crippen LogP contribution in [-0.2, 0) is 37.9 Å². The lowest BCUT2D eigenvalue weighted by Gasteiger charge is -2.22. The Kier molecular flexibility index (Phi) is 8.83. The van der Waals surface area contributed by atoms with E-state index in [-0.39, 0.29) is 29.3 Å². The lowest BCUT2D eigenvalue weighted by Crippen LogP contribution is -2.23. The number of thiol groups is 1. The third kappa shape index (κ3) is 7.82. The van der Waals surface area contributed by atoms with Crippen LogP contribution in [0.2, 0.25) is 0 Å². The standard InChI is InChI=1S/C19H28O5S/c1-13(7-9-24-16(4)21)19(15(3)20)12-17-5-6-18(14(2)11-17)8-10-25(22)23/h5-6,11,13,19,25H,7-10,12H2,1-4H3. The van der Waals surface area contributed by atoms with E-state index in [0.717, 1.165) is 16.7 Å². The number of Topliss-reactive ketones (excluding diaryl/α,β-unsaturated/α-hetero) is 1. The van der Waals surface area contributed by atoms with Crippen molar-refractivity contribution in [3.63, 3.8) is 0 Å². The molecule has 2 unspecified atom stereocenters. The lowest BCUT2D eigenvalue weighted by atomic mass is 9.83. The fraction of sp³-hybridized carbons (Fsp3) is 0.579. The van der Waals surface area contributed by atoms with Crippen LogP contribution in [0.4, 0.5) is 0 Å². The monoisotopic (exact) mass is 368 g/mol. The molecule has 0 aromatic heterocycles. The maximum atomic E-state index is 12.0. The molecular weight excluding hydrogens is 340 g/mol. The van der Waals surface area contributed by atoms with Gasteiger partial charge in [-0.3, -0.25) is 9.59 Å². The minimum atomic E-state index is -2.37. The fourth-order valence-corrected chi connectivity index (χ4v) is 3.39. The highest BCUT2D eigenvalue weighted by molar-refractivity contribution is 7.72. The molecule has 6 heteroatoms. The summed E-state index contributed by atoms with van der Waals surface area (Å²) in [5.41, 5.74) is 3.13. The molecule has 0 heterocycles. The van der Waals surface area contributed by atoms with E-state index in [4.69, 9.17) is 4.74 Å². The lowest BCUT2D eigenvalue weighted by molar-refractivity contribution is -0.141. The van der Waals surface area contributed by atoms with Gasteiger partial charge in [0, 0.05) is 12.8 Å². The number of benzene rings is 1. The molecule has 0 N–H and O–H groups in total. The van der Waals surface area contributed by atoms with Crippen molar-refractivity contribution in [1.29, 1.82) is 0 Å². The van der Waals surface area contributed by atoms with Crippen molar-refractivity contribution in [2.45, 2.75) is 47.0 Å². The maximum absolute atomic E-state index is 12.0. The molecule has 1 rings (SSSR count). The molecule has 0 bridgehead atoms. The molecule has 0 saturated heterocycles. The SMILES string of the molecule is CC(=O)OCCC(C)C(Cc1ccc(CC[SH](=O)=O)c(C)c1)C(C)=O. The van der Waals surface area contributed by atoms with Crippen molar-refractivity contribution in [3.05, 3.63) is 34.9 Å². The molecule has 0 fully saturated rings. The summed E-state index contributed by atoms with van der Waals surface area (Å²) in [5, 5.41) is 0. The predicted molar refractivity (Wildman–Crippen MR) is 98.4 cm³/mol. The number of aryl methyl sites for hydroxylation is 2. The van der Waals surface area contributed by atoms with Crippen LogP contribution in [0.3, 0.4) is 0 Å². The second kappa shape index (κ2) is 10.3. The van der Waals surface area contributed by atoms with Crippen molar-refractivity contribution in [3.8, 4) is 0 Å². The third-order valence-electron chi connectivity index (χ3n) is 4.51. The molecule has 0 aliphatic carbocycles. The van der Waals surface area contributed by atoms with E-state index in [0.29, 0.717) is 25.9 Å². The number of carbonyl (C=O) groups excluding carboxylic acids is 2. The van der Waals surface area contributed by atoms with E-state index < -0.39 is 10.7 Å². The normalized spacial score (nSPS) is 13.5. The summed E-state index contributed by atoms with van der Waals surface area (Å²) in [6.45, 7) is 7.26. The molecule has 2 atom stereocenters. The van der Waals surface area contributed by atoms with Crippen molar-refractivity contribution >= 4 is 22.5 Å². The van der Waals surface area contributed by atoms with Crippen LogP contribution in [0.25, 0.3) is 0 Å². The summed E-state index contributed by atoms with van der Waals surface area (Å²) in [7, 11) is -2.37. The van der Waals surface area contributed by atoms with Crippen molar-refractivity contribution in [2.75, 3.05) is 12.4 Å². The fourth-order valence-electron chi connectivity index (χ4n) is 2.97. The first kappa shape index (κ1) is 21.4. The van der Waals surface area contributed by atoms with Gasteiger partial charge in [0.2, 0.25) is 0 Å². The number of carbonyl (C=O) groups is 2. The highest BCUT2D eigenvalue weighted by atomic mass is 32.2. The molecular formula is C19H28O5S. The molecule has 25 heavy (non-hydrogen) atoms. The summed E-state index contributed by atoms with van der Waals surface area (Å²) in [4.78, 5) is 22.9. The summed E-state index contributed by atoms with van der Waals surface area (Å²) in [6.07, 6.45) is 1.80. The zero-order valence-corrected chi connectivity index (χ0v) is 16.3. The molecule has 0 aliphatic heterocycles. The van der Waals surface area contributed by atoms with Crippen LogP contribution in [0.5, 0.6) is 0 Å². The molecule has 0 saturated carbocycles. The van der Waals surface area contributed by atoms with Crippen LogP contribution < -0.4 is 0 Å². The third-order valence-corrected chi connectivity index (χ3v) is 5.10. The zero-order valence-electron chi connectivity index (χ0n) is 15.4. The Hall–Kier alpha value is -1.69. The van der Waals surface area contributed by atoms with E-state index in [1.807, 2.05) is 32.0 Å². The van der Waals surface area contributed by atoms with Crippen LogP contribution in [0.1, 0.15) is 43.9 Å². The first-order valence-electron chi connectivity index (χ1n) is 8.54. The number of hydrogen-bond acceptors (Lipinski definition) is 5. The topological polar surface area (TPSA) is 77.5 Å². The largest absolute Gasteiger partial charge is 0.466 e. The predicted octanol–water partition coefficient (Wildman–Crippen LogP) is 2.49. The van der Waals surface area contributed by atoms with Gasteiger partial charge in [-0.05, 0) is 55.7 Å². The van der Waals surface area contributed by atoms with E-state index in [1.54, 1.807) is 6.92 Å². The number of ether oxygens (including phenoxy) is 1. The van der Waals surface area contributed by atoms with Gasteiger partial charge < -0.3 is 4.74 Å². The first-order chi connectivity index (χ1) is 11.7. The van der Waals surface area contributed by atoms with E-state index in [9.17, 15) is 18.0 Å².